The molecule has 1 aliphatic carbocycles. The van der Waals surface area contributed by atoms with Crippen LogP contribution >= 0.6 is 22.6 Å². The molecule has 0 bridgehead atoms. The molecule has 1 aliphatic heterocycles. The number of benzene rings is 2. The molecule has 1 heterocycles. The van der Waals surface area contributed by atoms with Gasteiger partial charge in [-0.05, 0) is 95.5 Å². The summed E-state index contributed by atoms with van der Waals surface area (Å²) in [5.74, 6) is -0.889. The zero-order chi connectivity index (χ0) is 25.8. The predicted molar refractivity (Wildman–Crippen MR) is 142 cm³/mol. The second-order valence-electron chi connectivity index (χ2n) is 8.93. The predicted octanol–water partition coefficient (Wildman–Crippen LogP) is 6.21. The van der Waals surface area contributed by atoms with Crippen molar-refractivity contribution in [2.45, 2.75) is 51.7 Å². The SMILES string of the molecule is CC(=O)Oc1ccc([C@@H]2C(CC[C@H](OC(C)=O)C3=CC=C(F)CC3)C(=O)N2c2ccc(I)cc2)cc1. The first-order valence-electron chi connectivity index (χ1n) is 11.8. The third-order valence-corrected chi connectivity index (χ3v) is 7.11. The quantitative estimate of drug-likeness (QED) is 0.155. The van der Waals surface area contributed by atoms with Crippen LogP contribution in [-0.2, 0) is 19.1 Å². The van der Waals surface area contributed by atoms with Gasteiger partial charge in [0.25, 0.3) is 0 Å². The molecule has 0 N–H and O–H groups in total. The lowest BCUT2D eigenvalue weighted by Gasteiger charge is -2.48. The molecule has 2 aromatic carbocycles. The van der Waals surface area contributed by atoms with Crippen molar-refractivity contribution >= 4 is 46.1 Å². The number of nitrogens with zero attached hydrogens (tertiary/aromatic N) is 1. The third-order valence-electron chi connectivity index (χ3n) is 6.39. The summed E-state index contributed by atoms with van der Waals surface area (Å²) in [6, 6.07) is 14.7. The van der Waals surface area contributed by atoms with E-state index in [0.717, 1.165) is 20.4 Å². The van der Waals surface area contributed by atoms with Gasteiger partial charge in [-0.25, -0.2) is 4.39 Å². The highest BCUT2D eigenvalue weighted by atomic mass is 127. The number of carbonyl (C=O) groups is 3. The third kappa shape index (κ3) is 6.03. The number of anilines is 1. The van der Waals surface area contributed by atoms with E-state index < -0.39 is 18.0 Å². The summed E-state index contributed by atoms with van der Waals surface area (Å²) >= 11 is 2.22. The van der Waals surface area contributed by atoms with E-state index in [0.29, 0.717) is 25.0 Å². The van der Waals surface area contributed by atoms with Gasteiger partial charge in [-0.1, -0.05) is 18.2 Å². The standard InChI is InChI=1S/C28H27FINO5/c1-17(32)35-24-13-5-20(6-14-24)27-25(28(34)31(27)23-11-9-22(30)10-12-23)15-16-26(36-18(2)33)19-3-7-21(29)8-4-19/h3,5-7,9-14,25-27H,4,8,15-16H2,1-2H3/t25?,26-,27+/m0/s1. The zero-order valence-corrected chi connectivity index (χ0v) is 22.2. The fraction of sp³-hybridized carbons (Fsp3) is 0.321. The van der Waals surface area contributed by atoms with E-state index in [4.69, 9.17) is 9.47 Å². The fourth-order valence-electron chi connectivity index (χ4n) is 4.75. The van der Waals surface area contributed by atoms with Gasteiger partial charge in [-0.3, -0.25) is 14.4 Å². The maximum absolute atomic E-state index is 13.5. The van der Waals surface area contributed by atoms with Crippen molar-refractivity contribution in [1.29, 1.82) is 0 Å². The molecule has 1 fully saturated rings. The maximum Gasteiger partial charge on any atom is 0.308 e. The van der Waals surface area contributed by atoms with Crippen LogP contribution in [0.4, 0.5) is 10.1 Å². The number of ether oxygens (including phenoxy) is 2. The molecule has 2 aliphatic rings. The van der Waals surface area contributed by atoms with Gasteiger partial charge in [0.05, 0.1) is 12.0 Å². The lowest BCUT2D eigenvalue weighted by molar-refractivity contribution is -0.145. The number of halogens is 2. The number of allylic oxidation sites excluding steroid dienone is 3. The van der Waals surface area contributed by atoms with Gasteiger partial charge in [-0.2, -0.15) is 0 Å². The Balaban J connectivity index is 1.58. The van der Waals surface area contributed by atoms with Crippen LogP contribution in [0.15, 0.2) is 72.1 Å². The number of hydrogen-bond acceptors (Lipinski definition) is 5. The van der Waals surface area contributed by atoms with Gasteiger partial charge < -0.3 is 14.4 Å². The average Bonchev–Trinajstić information content (AvgIpc) is 2.83. The van der Waals surface area contributed by atoms with Crippen molar-refractivity contribution in [3.05, 3.63) is 81.2 Å². The topological polar surface area (TPSA) is 72.9 Å². The number of β-lactam (4-membered cyclic amide) rings is 1. The summed E-state index contributed by atoms with van der Waals surface area (Å²) < 4.78 is 25.3. The minimum atomic E-state index is -0.501. The van der Waals surface area contributed by atoms with E-state index >= 15 is 0 Å². The Kier molecular flexibility index (Phi) is 8.23. The van der Waals surface area contributed by atoms with Crippen LogP contribution in [0.3, 0.4) is 0 Å². The van der Waals surface area contributed by atoms with Crippen LogP contribution < -0.4 is 9.64 Å². The van der Waals surface area contributed by atoms with Crippen LogP contribution in [0.25, 0.3) is 0 Å². The maximum atomic E-state index is 13.5. The summed E-state index contributed by atoms with van der Waals surface area (Å²) in [6.07, 6.45) is 4.31. The molecule has 2 aromatic rings. The van der Waals surface area contributed by atoms with Gasteiger partial charge in [0.2, 0.25) is 5.91 Å². The molecule has 0 spiro atoms. The van der Waals surface area contributed by atoms with E-state index in [9.17, 15) is 18.8 Å². The van der Waals surface area contributed by atoms with Crippen molar-refractivity contribution in [3.8, 4) is 5.75 Å². The van der Waals surface area contributed by atoms with Gasteiger partial charge >= 0.3 is 11.9 Å². The largest absolute Gasteiger partial charge is 0.458 e. The Hall–Kier alpha value is -3.01. The molecule has 3 atom stereocenters. The van der Waals surface area contributed by atoms with E-state index in [1.54, 1.807) is 23.1 Å². The molecule has 6 nitrogen and oxygen atoms in total. The van der Waals surface area contributed by atoms with Gasteiger partial charge in [-0.15, -0.1) is 0 Å². The Morgan fingerprint density at radius 1 is 1.03 bits per heavy atom. The Morgan fingerprint density at radius 3 is 2.31 bits per heavy atom. The van der Waals surface area contributed by atoms with Crippen LogP contribution in [-0.4, -0.2) is 23.9 Å². The molecule has 0 radical (unpaired) electrons. The van der Waals surface area contributed by atoms with Gasteiger partial charge in [0.1, 0.15) is 17.7 Å². The molecule has 8 heteroatoms. The summed E-state index contributed by atoms with van der Waals surface area (Å²) in [5.41, 5.74) is 2.58. The molecule has 0 saturated carbocycles. The molecule has 1 amide bonds. The first-order valence-corrected chi connectivity index (χ1v) is 12.9. The molecular weight excluding hydrogens is 576 g/mol. The lowest BCUT2D eigenvalue weighted by atomic mass is 9.78. The van der Waals surface area contributed by atoms with Crippen molar-refractivity contribution in [2.75, 3.05) is 4.90 Å². The van der Waals surface area contributed by atoms with Crippen LogP contribution in [0.5, 0.6) is 5.75 Å². The molecule has 36 heavy (non-hydrogen) atoms. The van der Waals surface area contributed by atoms with Crippen molar-refractivity contribution in [1.82, 2.24) is 0 Å². The minimum Gasteiger partial charge on any atom is -0.458 e. The van der Waals surface area contributed by atoms with Gasteiger partial charge in [0, 0.05) is 29.5 Å². The van der Waals surface area contributed by atoms with Crippen molar-refractivity contribution in [2.24, 2.45) is 5.92 Å². The number of hydrogen-bond donors (Lipinski definition) is 0. The number of carbonyl (C=O) groups excluding carboxylic acids is 3. The number of rotatable bonds is 8. The highest BCUT2D eigenvalue weighted by Crippen LogP contribution is 2.46. The van der Waals surface area contributed by atoms with E-state index in [2.05, 4.69) is 22.6 Å². The van der Waals surface area contributed by atoms with E-state index in [1.165, 1.54) is 19.9 Å². The monoisotopic (exact) mass is 603 g/mol. The molecule has 1 saturated heterocycles. The Bertz CT molecular complexity index is 1210. The lowest BCUT2D eigenvalue weighted by Crippen LogP contribution is -2.55. The first kappa shape index (κ1) is 26.1. The second-order valence-corrected chi connectivity index (χ2v) is 10.2. The summed E-state index contributed by atoms with van der Waals surface area (Å²) in [6.45, 7) is 2.70. The Morgan fingerprint density at radius 2 is 1.72 bits per heavy atom. The second kappa shape index (κ2) is 11.4. The molecule has 4 rings (SSSR count). The highest BCUT2D eigenvalue weighted by molar-refractivity contribution is 14.1. The first-order chi connectivity index (χ1) is 17.2. The van der Waals surface area contributed by atoms with Crippen LogP contribution in [0.2, 0.25) is 0 Å². The van der Waals surface area contributed by atoms with Crippen molar-refractivity contribution in [3.63, 3.8) is 0 Å². The van der Waals surface area contributed by atoms with Gasteiger partial charge in [0.15, 0.2) is 0 Å². The summed E-state index contributed by atoms with van der Waals surface area (Å²) in [7, 11) is 0. The van der Waals surface area contributed by atoms with E-state index in [-0.39, 0.29) is 30.1 Å². The number of amides is 1. The highest BCUT2D eigenvalue weighted by Gasteiger charge is 2.48. The zero-order valence-electron chi connectivity index (χ0n) is 20.1. The minimum absolute atomic E-state index is 0.00425. The summed E-state index contributed by atoms with van der Waals surface area (Å²) in [5, 5.41) is 0. The van der Waals surface area contributed by atoms with Crippen LogP contribution in [0.1, 0.15) is 51.1 Å². The molecule has 188 valence electrons. The molecule has 1 unspecified atom stereocenters. The molecule has 0 aromatic heterocycles. The fourth-order valence-corrected chi connectivity index (χ4v) is 5.11. The summed E-state index contributed by atoms with van der Waals surface area (Å²) in [4.78, 5) is 38.2. The van der Waals surface area contributed by atoms with Crippen molar-refractivity contribution < 1.29 is 28.2 Å². The van der Waals surface area contributed by atoms with E-state index in [1.807, 2.05) is 36.4 Å². The molecular formula is C28H27FINO5. The normalized spacial score (nSPS) is 20.1. The smallest absolute Gasteiger partial charge is 0.308 e. The Labute approximate surface area is 223 Å². The van der Waals surface area contributed by atoms with Crippen LogP contribution in [0, 0.1) is 9.49 Å². The average molecular weight is 603 g/mol. The number of esters is 2.